The Balaban J connectivity index is 3.33. The molecule has 0 radical (unpaired) electrons. The molecular weight excluding hydrogens is 276 g/mol. The number of ketones is 1. The largest absolute Gasteiger partial charge is 0.469 e. The number of esters is 1. The molecule has 0 saturated heterocycles. The number of rotatable bonds is 15. The van der Waals surface area contributed by atoms with Crippen LogP contribution >= 0.6 is 0 Å². The standard InChI is InChI=1S/C19H34O3/c1-3-4-5-6-7-9-12-15-18(20)16-13-10-8-11-14-17-19(21)22-2/h12,15H,3-11,13-14,16-17H2,1-2H3/b15-12+. The number of methoxy groups -OCH3 is 1. The fraction of sp³-hybridized carbons (Fsp3) is 0.789. The third-order valence-electron chi connectivity index (χ3n) is 3.81. The van der Waals surface area contributed by atoms with Crippen molar-refractivity contribution in [3.8, 4) is 0 Å². The van der Waals surface area contributed by atoms with E-state index in [1.807, 2.05) is 6.08 Å². The van der Waals surface area contributed by atoms with Gasteiger partial charge in [0.15, 0.2) is 5.78 Å². The average Bonchev–Trinajstić information content (AvgIpc) is 2.52. The summed E-state index contributed by atoms with van der Waals surface area (Å²) in [6, 6.07) is 0. The van der Waals surface area contributed by atoms with Crippen LogP contribution in [0, 0.1) is 0 Å². The van der Waals surface area contributed by atoms with E-state index in [-0.39, 0.29) is 11.8 Å². The molecule has 0 fully saturated rings. The normalized spacial score (nSPS) is 11.0. The summed E-state index contributed by atoms with van der Waals surface area (Å²) in [5.74, 6) is 0.123. The summed E-state index contributed by atoms with van der Waals surface area (Å²) in [4.78, 5) is 22.6. The van der Waals surface area contributed by atoms with Gasteiger partial charge in [0, 0.05) is 12.8 Å². The van der Waals surface area contributed by atoms with Gasteiger partial charge < -0.3 is 4.74 Å². The number of carbonyl (C=O) groups excluding carboxylic acids is 2. The lowest BCUT2D eigenvalue weighted by Crippen LogP contribution is -1.99. The quantitative estimate of drug-likeness (QED) is 0.232. The van der Waals surface area contributed by atoms with E-state index < -0.39 is 0 Å². The molecule has 3 nitrogen and oxygen atoms in total. The van der Waals surface area contributed by atoms with Crippen molar-refractivity contribution in [3.63, 3.8) is 0 Å². The molecule has 128 valence electrons. The SMILES string of the molecule is CCCCCCC/C=C/C(=O)CCCCCCCC(=O)OC. The predicted molar refractivity (Wildman–Crippen MR) is 91.9 cm³/mol. The first-order valence-electron chi connectivity index (χ1n) is 8.97. The summed E-state index contributed by atoms with van der Waals surface area (Å²) in [7, 11) is 1.42. The molecule has 0 amide bonds. The van der Waals surface area contributed by atoms with Crippen LogP contribution < -0.4 is 0 Å². The lowest BCUT2D eigenvalue weighted by atomic mass is 10.1. The van der Waals surface area contributed by atoms with Crippen LogP contribution in [0.5, 0.6) is 0 Å². The number of carbonyl (C=O) groups is 2. The Bertz CT molecular complexity index is 308. The monoisotopic (exact) mass is 310 g/mol. The number of ether oxygens (including phenoxy) is 1. The molecule has 0 bridgehead atoms. The maximum Gasteiger partial charge on any atom is 0.305 e. The molecule has 0 N–H and O–H groups in total. The summed E-state index contributed by atoms with van der Waals surface area (Å²) in [6.45, 7) is 2.22. The highest BCUT2D eigenvalue weighted by Gasteiger charge is 2.00. The Hall–Kier alpha value is -1.12. The lowest BCUT2D eigenvalue weighted by molar-refractivity contribution is -0.140. The van der Waals surface area contributed by atoms with Crippen LogP contribution in [0.15, 0.2) is 12.2 Å². The van der Waals surface area contributed by atoms with E-state index in [9.17, 15) is 9.59 Å². The van der Waals surface area contributed by atoms with Gasteiger partial charge in [-0.15, -0.1) is 0 Å². The zero-order chi connectivity index (χ0) is 16.5. The molecule has 0 aromatic rings. The van der Waals surface area contributed by atoms with E-state index in [1.165, 1.54) is 39.2 Å². The van der Waals surface area contributed by atoms with Crippen molar-refractivity contribution in [2.24, 2.45) is 0 Å². The zero-order valence-electron chi connectivity index (χ0n) is 14.6. The molecule has 0 rings (SSSR count). The molecule has 3 heteroatoms. The Morgan fingerprint density at radius 1 is 0.818 bits per heavy atom. The highest BCUT2D eigenvalue weighted by molar-refractivity contribution is 5.89. The van der Waals surface area contributed by atoms with Crippen molar-refractivity contribution >= 4 is 11.8 Å². The maximum absolute atomic E-state index is 11.6. The van der Waals surface area contributed by atoms with Gasteiger partial charge in [-0.2, -0.15) is 0 Å². The smallest absolute Gasteiger partial charge is 0.305 e. The predicted octanol–water partition coefficient (Wildman–Crippen LogP) is 5.38. The van der Waals surface area contributed by atoms with Crippen LogP contribution in [0.1, 0.15) is 90.4 Å². The minimum Gasteiger partial charge on any atom is -0.469 e. The number of hydrogen-bond acceptors (Lipinski definition) is 3. The van der Waals surface area contributed by atoms with E-state index in [0.29, 0.717) is 12.8 Å². The fourth-order valence-corrected chi connectivity index (χ4v) is 2.36. The Morgan fingerprint density at radius 2 is 1.41 bits per heavy atom. The summed E-state index contributed by atoms with van der Waals surface area (Å²) in [5, 5.41) is 0. The molecule has 0 aliphatic heterocycles. The number of unbranched alkanes of at least 4 members (excludes halogenated alkanes) is 9. The van der Waals surface area contributed by atoms with Crippen molar-refractivity contribution in [1.29, 1.82) is 0 Å². The molecule has 0 saturated carbocycles. The van der Waals surface area contributed by atoms with Gasteiger partial charge in [0.05, 0.1) is 7.11 Å². The van der Waals surface area contributed by atoms with E-state index >= 15 is 0 Å². The van der Waals surface area contributed by atoms with Gasteiger partial charge in [-0.05, 0) is 31.8 Å². The van der Waals surface area contributed by atoms with Crippen molar-refractivity contribution < 1.29 is 14.3 Å². The number of hydrogen-bond donors (Lipinski definition) is 0. The van der Waals surface area contributed by atoms with Gasteiger partial charge in [0.25, 0.3) is 0 Å². The molecule has 0 atom stereocenters. The van der Waals surface area contributed by atoms with E-state index in [0.717, 1.165) is 38.5 Å². The van der Waals surface area contributed by atoms with Crippen LogP contribution in [-0.2, 0) is 14.3 Å². The Kier molecular flexibility index (Phi) is 15.4. The zero-order valence-corrected chi connectivity index (χ0v) is 14.6. The van der Waals surface area contributed by atoms with Crippen LogP contribution in [0.3, 0.4) is 0 Å². The van der Waals surface area contributed by atoms with E-state index in [2.05, 4.69) is 11.7 Å². The molecule has 0 aromatic heterocycles. The van der Waals surface area contributed by atoms with E-state index in [4.69, 9.17) is 0 Å². The van der Waals surface area contributed by atoms with Crippen LogP contribution in [0.4, 0.5) is 0 Å². The topological polar surface area (TPSA) is 43.4 Å². The molecule has 22 heavy (non-hydrogen) atoms. The molecule has 0 aliphatic carbocycles. The minimum absolute atomic E-state index is 0.130. The highest BCUT2D eigenvalue weighted by Crippen LogP contribution is 2.09. The average molecular weight is 310 g/mol. The van der Waals surface area contributed by atoms with Crippen molar-refractivity contribution in [2.45, 2.75) is 90.4 Å². The fourth-order valence-electron chi connectivity index (χ4n) is 2.36. The van der Waals surface area contributed by atoms with Crippen molar-refractivity contribution in [2.75, 3.05) is 7.11 Å². The Labute approximate surface area is 136 Å². The van der Waals surface area contributed by atoms with Gasteiger partial charge in [-0.1, -0.05) is 57.9 Å². The van der Waals surface area contributed by atoms with Gasteiger partial charge in [0.1, 0.15) is 0 Å². The van der Waals surface area contributed by atoms with Gasteiger partial charge in [-0.25, -0.2) is 0 Å². The second-order valence-corrected chi connectivity index (χ2v) is 5.92. The molecule has 0 heterocycles. The first kappa shape index (κ1) is 20.9. The van der Waals surface area contributed by atoms with Gasteiger partial charge >= 0.3 is 5.97 Å². The summed E-state index contributed by atoms with van der Waals surface area (Å²) >= 11 is 0. The highest BCUT2D eigenvalue weighted by atomic mass is 16.5. The summed E-state index contributed by atoms with van der Waals surface area (Å²) in [6.07, 6.45) is 17.4. The van der Waals surface area contributed by atoms with Crippen LogP contribution in [0.2, 0.25) is 0 Å². The molecule has 0 unspecified atom stereocenters. The third kappa shape index (κ3) is 15.3. The second-order valence-electron chi connectivity index (χ2n) is 5.92. The molecule has 0 spiro atoms. The third-order valence-corrected chi connectivity index (χ3v) is 3.81. The van der Waals surface area contributed by atoms with Crippen LogP contribution in [0.25, 0.3) is 0 Å². The van der Waals surface area contributed by atoms with E-state index in [1.54, 1.807) is 6.08 Å². The van der Waals surface area contributed by atoms with Crippen LogP contribution in [-0.4, -0.2) is 18.9 Å². The summed E-state index contributed by atoms with van der Waals surface area (Å²) in [5.41, 5.74) is 0. The molecular formula is C19H34O3. The van der Waals surface area contributed by atoms with Gasteiger partial charge in [0.2, 0.25) is 0 Å². The lowest BCUT2D eigenvalue weighted by Gasteiger charge is -2.00. The Morgan fingerprint density at radius 3 is 2.09 bits per heavy atom. The van der Waals surface area contributed by atoms with Gasteiger partial charge in [-0.3, -0.25) is 9.59 Å². The van der Waals surface area contributed by atoms with Crippen molar-refractivity contribution in [1.82, 2.24) is 0 Å². The number of allylic oxidation sites excluding steroid dienone is 2. The summed E-state index contributed by atoms with van der Waals surface area (Å²) < 4.78 is 4.59. The molecule has 0 aromatic carbocycles. The second kappa shape index (κ2) is 16.3. The molecule has 0 aliphatic rings. The first-order valence-corrected chi connectivity index (χ1v) is 8.97. The maximum atomic E-state index is 11.6. The van der Waals surface area contributed by atoms with Crippen molar-refractivity contribution in [3.05, 3.63) is 12.2 Å². The minimum atomic E-state index is -0.130. The first-order chi connectivity index (χ1) is 10.7.